The highest BCUT2D eigenvalue weighted by molar-refractivity contribution is 8.00. The summed E-state index contributed by atoms with van der Waals surface area (Å²) >= 11 is 1.53. The van der Waals surface area contributed by atoms with Crippen LogP contribution in [0.25, 0.3) is 0 Å². The zero-order valence-corrected chi connectivity index (χ0v) is 14.8. The number of thioether (sulfide) groups is 1. The number of rotatable bonds is 8. The molecule has 0 bridgehead atoms. The minimum atomic E-state index is -4.26. The van der Waals surface area contributed by atoms with E-state index in [1.165, 1.54) is 11.8 Å². The molecule has 25 heavy (non-hydrogen) atoms. The van der Waals surface area contributed by atoms with Crippen LogP contribution >= 0.6 is 11.8 Å². The molecule has 1 fully saturated rings. The third-order valence-corrected chi connectivity index (χ3v) is 4.86. The Morgan fingerprint density at radius 2 is 1.80 bits per heavy atom. The Hall–Kier alpha value is -1.25. The fraction of sp³-hybridized carbons (Fsp3) is 0.588. The highest BCUT2D eigenvalue weighted by Crippen LogP contribution is 2.18. The second-order valence-corrected chi connectivity index (χ2v) is 6.89. The number of nitrogens with zero attached hydrogens (tertiary/aromatic N) is 2. The molecule has 1 aromatic carbocycles. The molecule has 0 aliphatic carbocycles. The Kier molecular flexibility index (Phi) is 8.05. The number of carbonyl (C=O) groups excluding carboxylic acids is 1. The molecule has 0 radical (unpaired) electrons. The fourth-order valence-corrected chi connectivity index (χ4v) is 3.37. The first kappa shape index (κ1) is 20.1. The maximum Gasteiger partial charge on any atom is 0.411 e. The van der Waals surface area contributed by atoms with Crippen molar-refractivity contribution in [2.45, 2.75) is 17.5 Å². The molecule has 1 aliphatic rings. The van der Waals surface area contributed by atoms with Crippen molar-refractivity contribution in [2.24, 2.45) is 0 Å². The Morgan fingerprint density at radius 1 is 1.12 bits per heavy atom. The monoisotopic (exact) mass is 376 g/mol. The predicted molar refractivity (Wildman–Crippen MR) is 91.7 cm³/mol. The van der Waals surface area contributed by atoms with Crippen molar-refractivity contribution in [3.63, 3.8) is 0 Å². The van der Waals surface area contributed by atoms with Gasteiger partial charge in [-0.2, -0.15) is 13.2 Å². The summed E-state index contributed by atoms with van der Waals surface area (Å²) in [5, 5.41) is 0. The Labute approximate surface area is 150 Å². The number of alkyl halides is 3. The summed E-state index contributed by atoms with van der Waals surface area (Å²) in [6, 6.07) is 9.81. The number of amides is 1. The summed E-state index contributed by atoms with van der Waals surface area (Å²) < 4.78 is 40.5. The van der Waals surface area contributed by atoms with Gasteiger partial charge >= 0.3 is 6.18 Å². The normalized spacial score (nSPS) is 16.2. The van der Waals surface area contributed by atoms with Crippen molar-refractivity contribution >= 4 is 17.7 Å². The van der Waals surface area contributed by atoms with Crippen molar-refractivity contribution in [3.05, 3.63) is 30.3 Å². The number of carbonyl (C=O) groups is 1. The van der Waals surface area contributed by atoms with Crippen molar-refractivity contribution in [3.8, 4) is 0 Å². The van der Waals surface area contributed by atoms with Crippen molar-refractivity contribution < 1.29 is 22.7 Å². The summed E-state index contributed by atoms with van der Waals surface area (Å²) in [5.74, 6) is 0.553. The lowest BCUT2D eigenvalue weighted by molar-refractivity contribution is -0.174. The van der Waals surface area contributed by atoms with Crippen LogP contribution in [0.3, 0.4) is 0 Å². The molecule has 1 amide bonds. The van der Waals surface area contributed by atoms with E-state index in [9.17, 15) is 18.0 Å². The summed E-state index contributed by atoms with van der Waals surface area (Å²) in [7, 11) is 0. The van der Waals surface area contributed by atoms with Gasteiger partial charge in [-0.25, -0.2) is 0 Å². The number of halogens is 3. The molecule has 0 aromatic heterocycles. The van der Waals surface area contributed by atoms with Crippen LogP contribution in [-0.2, 0) is 9.53 Å². The van der Waals surface area contributed by atoms with Crippen LogP contribution in [0.4, 0.5) is 13.2 Å². The van der Waals surface area contributed by atoms with Crippen molar-refractivity contribution in [1.29, 1.82) is 0 Å². The van der Waals surface area contributed by atoms with E-state index in [4.69, 9.17) is 0 Å². The molecule has 2 rings (SSSR count). The van der Waals surface area contributed by atoms with Gasteiger partial charge in [0.15, 0.2) is 0 Å². The van der Waals surface area contributed by atoms with Gasteiger partial charge in [-0.3, -0.25) is 9.69 Å². The van der Waals surface area contributed by atoms with Gasteiger partial charge in [-0.05, 0) is 18.6 Å². The van der Waals surface area contributed by atoms with Gasteiger partial charge in [0.2, 0.25) is 5.91 Å². The molecule has 1 aromatic rings. The van der Waals surface area contributed by atoms with Gasteiger partial charge in [-0.15, -0.1) is 11.8 Å². The lowest BCUT2D eigenvalue weighted by atomic mass is 10.3. The lowest BCUT2D eigenvalue weighted by Crippen LogP contribution is -2.49. The van der Waals surface area contributed by atoms with Crippen molar-refractivity contribution in [2.75, 3.05) is 51.7 Å². The molecule has 1 saturated heterocycles. The largest absolute Gasteiger partial charge is 0.411 e. The number of hydrogen-bond acceptors (Lipinski definition) is 4. The molecule has 4 nitrogen and oxygen atoms in total. The fourth-order valence-electron chi connectivity index (χ4n) is 2.55. The van der Waals surface area contributed by atoms with Crippen LogP contribution in [0.1, 0.15) is 6.42 Å². The molecule has 1 aliphatic heterocycles. The van der Waals surface area contributed by atoms with Crippen LogP contribution in [0, 0.1) is 0 Å². The van der Waals surface area contributed by atoms with E-state index in [0.717, 1.165) is 18.0 Å². The topological polar surface area (TPSA) is 32.8 Å². The summed E-state index contributed by atoms with van der Waals surface area (Å²) in [4.78, 5) is 17.3. The van der Waals surface area contributed by atoms with Crippen LogP contribution in [0.2, 0.25) is 0 Å². The highest BCUT2D eigenvalue weighted by atomic mass is 32.2. The third kappa shape index (κ3) is 8.11. The van der Waals surface area contributed by atoms with Crippen LogP contribution in [0.15, 0.2) is 35.2 Å². The van der Waals surface area contributed by atoms with Gasteiger partial charge in [-0.1, -0.05) is 18.2 Å². The van der Waals surface area contributed by atoms with E-state index in [1.54, 1.807) is 0 Å². The van der Waals surface area contributed by atoms with Gasteiger partial charge < -0.3 is 9.64 Å². The van der Waals surface area contributed by atoms with Crippen molar-refractivity contribution in [1.82, 2.24) is 9.80 Å². The molecule has 140 valence electrons. The SMILES string of the molecule is O=C(CSc1ccccc1)N1CCN(CCCOCC(F)(F)F)CC1. The van der Waals surface area contributed by atoms with E-state index in [-0.39, 0.29) is 12.5 Å². The zero-order valence-electron chi connectivity index (χ0n) is 14.0. The van der Waals surface area contributed by atoms with Gasteiger partial charge in [0.25, 0.3) is 0 Å². The molecule has 0 N–H and O–H groups in total. The quantitative estimate of drug-likeness (QED) is 0.516. The molecular formula is C17H23F3N2O2S. The Balaban J connectivity index is 1.57. The number of hydrogen-bond donors (Lipinski definition) is 0. The molecule has 0 spiro atoms. The van der Waals surface area contributed by atoms with E-state index < -0.39 is 12.8 Å². The van der Waals surface area contributed by atoms with Crippen LogP contribution in [0.5, 0.6) is 0 Å². The lowest BCUT2D eigenvalue weighted by Gasteiger charge is -2.34. The van der Waals surface area contributed by atoms with E-state index >= 15 is 0 Å². The standard InChI is InChI=1S/C17H23F3N2O2S/c18-17(19,20)14-24-12-4-7-21-8-10-22(11-9-21)16(23)13-25-15-5-2-1-3-6-15/h1-3,5-6H,4,7-14H2. The maximum absolute atomic E-state index is 12.2. The first-order valence-electron chi connectivity index (χ1n) is 8.26. The van der Waals surface area contributed by atoms with E-state index in [1.807, 2.05) is 35.2 Å². The average Bonchev–Trinajstić information content (AvgIpc) is 2.60. The van der Waals surface area contributed by atoms with E-state index in [2.05, 4.69) is 9.64 Å². The second kappa shape index (κ2) is 10.0. The second-order valence-electron chi connectivity index (χ2n) is 5.85. The first-order chi connectivity index (χ1) is 11.9. The highest BCUT2D eigenvalue weighted by Gasteiger charge is 2.27. The van der Waals surface area contributed by atoms with Crippen LogP contribution in [-0.4, -0.2) is 73.6 Å². The molecule has 8 heteroatoms. The minimum absolute atomic E-state index is 0.104. The number of piperazine rings is 1. The molecule has 0 saturated carbocycles. The summed E-state index contributed by atoms with van der Waals surface area (Å²) in [6.07, 6.45) is -3.70. The molecule has 0 atom stereocenters. The molecular weight excluding hydrogens is 353 g/mol. The van der Waals surface area contributed by atoms with Gasteiger partial charge in [0.1, 0.15) is 6.61 Å². The predicted octanol–water partition coefficient (Wildman–Crippen LogP) is 2.89. The smallest absolute Gasteiger partial charge is 0.372 e. The number of benzene rings is 1. The summed E-state index contributed by atoms with van der Waals surface area (Å²) in [6.45, 7) is 2.44. The Bertz CT molecular complexity index is 520. The van der Waals surface area contributed by atoms with Gasteiger partial charge in [0, 0.05) is 44.2 Å². The first-order valence-corrected chi connectivity index (χ1v) is 9.25. The molecule has 1 heterocycles. The maximum atomic E-state index is 12.2. The third-order valence-electron chi connectivity index (χ3n) is 3.86. The minimum Gasteiger partial charge on any atom is -0.372 e. The Morgan fingerprint density at radius 3 is 2.44 bits per heavy atom. The van der Waals surface area contributed by atoms with Gasteiger partial charge in [0.05, 0.1) is 5.75 Å². The zero-order chi connectivity index (χ0) is 18.1. The average molecular weight is 376 g/mol. The molecule has 0 unspecified atom stereocenters. The summed E-state index contributed by atoms with van der Waals surface area (Å²) in [5.41, 5.74) is 0. The van der Waals surface area contributed by atoms with Crippen LogP contribution < -0.4 is 0 Å². The number of ether oxygens (including phenoxy) is 1. The van der Waals surface area contributed by atoms with E-state index in [0.29, 0.717) is 31.8 Å².